The van der Waals surface area contributed by atoms with Crippen molar-refractivity contribution in [1.29, 1.82) is 0 Å². The predicted molar refractivity (Wildman–Crippen MR) is 152 cm³/mol. The van der Waals surface area contributed by atoms with E-state index in [4.69, 9.17) is 9.72 Å². The molecule has 0 radical (unpaired) electrons. The molecule has 0 atom stereocenters. The average Bonchev–Trinajstić information content (AvgIpc) is 2.98. The number of likely N-dealkylation sites (tertiary alicyclic amines) is 1. The Balaban J connectivity index is 1.43. The van der Waals surface area contributed by atoms with Gasteiger partial charge in [0.1, 0.15) is 11.4 Å². The van der Waals surface area contributed by atoms with Crippen LogP contribution >= 0.6 is 0 Å². The maximum Gasteiger partial charge on any atom is 0.433 e. The maximum atomic E-state index is 13.1. The van der Waals surface area contributed by atoms with Crippen molar-refractivity contribution in [2.24, 2.45) is 5.92 Å². The highest BCUT2D eigenvalue weighted by molar-refractivity contribution is 6.04. The zero-order valence-electron chi connectivity index (χ0n) is 23.1. The van der Waals surface area contributed by atoms with Crippen LogP contribution in [0.2, 0.25) is 0 Å². The van der Waals surface area contributed by atoms with Crippen LogP contribution < -0.4 is 10.2 Å². The molecule has 2 aromatic heterocycles. The lowest BCUT2D eigenvalue weighted by Crippen LogP contribution is -2.36. The first kappa shape index (κ1) is 28.6. The Hall–Kier alpha value is -3.94. The summed E-state index contributed by atoms with van der Waals surface area (Å²) < 4.78 is 44.8. The van der Waals surface area contributed by atoms with Crippen LogP contribution in [0.15, 0.2) is 48.8 Å². The number of nitrogens with zero attached hydrogens (tertiary/aromatic N) is 4. The van der Waals surface area contributed by atoms with Gasteiger partial charge in [0.05, 0.1) is 18.9 Å². The van der Waals surface area contributed by atoms with Gasteiger partial charge in [-0.3, -0.25) is 9.78 Å². The number of aromatic nitrogens is 2. The molecular formula is C31H32F3N5O2. The second-order valence-corrected chi connectivity index (χ2v) is 10.4. The summed E-state index contributed by atoms with van der Waals surface area (Å²) >= 11 is 0. The van der Waals surface area contributed by atoms with Gasteiger partial charge in [0.2, 0.25) is 0 Å². The summed E-state index contributed by atoms with van der Waals surface area (Å²) in [7, 11) is 2.13. The molecule has 3 aromatic rings. The van der Waals surface area contributed by atoms with Crippen LogP contribution in [0.3, 0.4) is 0 Å². The van der Waals surface area contributed by atoms with Crippen molar-refractivity contribution in [3.63, 3.8) is 0 Å². The molecule has 2 aliphatic heterocycles. The fourth-order valence-corrected chi connectivity index (χ4v) is 5.01. The molecule has 10 heteroatoms. The third kappa shape index (κ3) is 7.04. The van der Waals surface area contributed by atoms with Crippen LogP contribution in [-0.4, -0.2) is 67.2 Å². The van der Waals surface area contributed by atoms with E-state index in [2.05, 4.69) is 45.1 Å². The minimum Gasteiger partial charge on any atom is -0.378 e. The number of piperidine rings is 1. The maximum absolute atomic E-state index is 13.1. The Morgan fingerprint density at radius 3 is 2.54 bits per heavy atom. The molecule has 2 fully saturated rings. The summed E-state index contributed by atoms with van der Waals surface area (Å²) in [6.07, 6.45) is 0.220. The fourth-order valence-electron chi connectivity index (χ4n) is 5.01. The van der Waals surface area contributed by atoms with Crippen LogP contribution in [0.4, 0.5) is 24.5 Å². The number of alkyl halides is 3. The van der Waals surface area contributed by atoms with Gasteiger partial charge >= 0.3 is 6.18 Å². The summed E-state index contributed by atoms with van der Waals surface area (Å²) in [6, 6.07) is 9.46. The highest BCUT2D eigenvalue weighted by atomic mass is 19.4. The molecule has 1 aromatic carbocycles. The lowest BCUT2D eigenvalue weighted by Gasteiger charge is -2.30. The average molecular weight is 564 g/mol. The summed E-state index contributed by atoms with van der Waals surface area (Å²) in [5, 5.41) is 2.72. The number of halogens is 3. The van der Waals surface area contributed by atoms with Gasteiger partial charge in [-0.1, -0.05) is 12.0 Å². The monoisotopic (exact) mass is 563 g/mol. The molecular weight excluding hydrogens is 531 g/mol. The van der Waals surface area contributed by atoms with Crippen LogP contribution in [0.1, 0.15) is 40.2 Å². The third-order valence-electron chi connectivity index (χ3n) is 7.45. The van der Waals surface area contributed by atoms with Crippen molar-refractivity contribution < 1.29 is 22.7 Å². The molecule has 0 aliphatic carbocycles. The van der Waals surface area contributed by atoms with Crippen molar-refractivity contribution >= 4 is 17.3 Å². The molecule has 5 rings (SSSR count). The number of pyridine rings is 2. The number of ether oxygens (including phenoxy) is 1. The number of carbonyl (C=O) groups is 1. The molecule has 2 saturated heterocycles. The van der Waals surface area contributed by atoms with Gasteiger partial charge in [-0.2, -0.15) is 13.2 Å². The molecule has 0 spiro atoms. The fraction of sp³-hybridized carbons (Fsp3) is 0.387. The summed E-state index contributed by atoms with van der Waals surface area (Å²) in [5.74, 6) is 6.50. The molecule has 0 bridgehead atoms. The van der Waals surface area contributed by atoms with E-state index in [1.54, 1.807) is 12.3 Å². The number of carbonyl (C=O) groups excluding carboxylic acids is 1. The van der Waals surface area contributed by atoms with E-state index in [0.29, 0.717) is 24.8 Å². The minimum absolute atomic E-state index is 0.127. The van der Waals surface area contributed by atoms with Crippen molar-refractivity contribution in [1.82, 2.24) is 14.9 Å². The molecule has 1 amide bonds. The van der Waals surface area contributed by atoms with Gasteiger partial charge in [-0.15, -0.1) is 0 Å². The molecule has 7 nitrogen and oxygen atoms in total. The number of amides is 1. The Bertz CT molecular complexity index is 1470. The van der Waals surface area contributed by atoms with Gasteiger partial charge in [-0.25, -0.2) is 4.98 Å². The van der Waals surface area contributed by atoms with Crippen molar-refractivity contribution in [2.75, 3.05) is 56.7 Å². The number of anilines is 2. The second-order valence-electron chi connectivity index (χ2n) is 10.4. The Kier molecular flexibility index (Phi) is 8.57. The molecule has 214 valence electrons. The number of hydrogen-bond donors (Lipinski definition) is 1. The number of benzene rings is 1. The van der Waals surface area contributed by atoms with Crippen molar-refractivity contribution in [3.8, 4) is 23.0 Å². The minimum atomic E-state index is -4.64. The SMILES string of the molecule is Cc1ccc(NC(=O)c2ccnc(C(F)(F)F)c2)cc1-c1cnc(C#CC2CCN(C)CC2)c(N2CCOCC2)c1. The van der Waals surface area contributed by atoms with E-state index in [-0.39, 0.29) is 5.56 Å². The largest absolute Gasteiger partial charge is 0.433 e. The molecule has 41 heavy (non-hydrogen) atoms. The normalized spacial score (nSPS) is 16.7. The molecule has 0 saturated carbocycles. The highest BCUT2D eigenvalue weighted by Gasteiger charge is 2.33. The van der Waals surface area contributed by atoms with Crippen LogP contribution in [0, 0.1) is 24.7 Å². The van der Waals surface area contributed by atoms with Gasteiger partial charge in [-0.05, 0) is 87.3 Å². The summed E-state index contributed by atoms with van der Waals surface area (Å²) in [6.45, 7) is 6.75. The van der Waals surface area contributed by atoms with E-state index in [0.717, 1.165) is 79.4 Å². The van der Waals surface area contributed by atoms with Crippen LogP contribution in [-0.2, 0) is 10.9 Å². The quantitative estimate of drug-likeness (QED) is 0.437. The lowest BCUT2D eigenvalue weighted by atomic mass is 9.97. The van der Waals surface area contributed by atoms with Gasteiger partial charge in [0, 0.05) is 48.2 Å². The van der Waals surface area contributed by atoms with E-state index in [1.807, 2.05) is 19.1 Å². The number of hydrogen-bond acceptors (Lipinski definition) is 6. The topological polar surface area (TPSA) is 70.6 Å². The van der Waals surface area contributed by atoms with Crippen molar-refractivity contribution in [3.05, 3.63) is 71.3 Å². The number of rotatable bonds is 4. The molecule has 0 unspecified atom stereocenters. The summed E-state index contributed by atoms with van der Waals surface area (Å²) in [4.78, 5) is 25.5. The van der Waals surface area contributed by atoms with E-state index < -0.39 is 17.8 Å². The van der Waals surface area contributed by atoms with Gasteiger partial charge in [0.15, 0.2) is 0 Å². The Labute approximate surface area is 237 Å². The zero-order chi connectivity index (χ0) is 29.0. The molecule has 4 heterocycles. The lowest BCUT2D eigenvalue weighted by molar-refractivity contribution is -0.141. The first-order chi connectivity index (χ1) is 19.7. The number of morpholine rings is 1. The van der Waals surface area contributed by atoms with E-state index >= 15 is 0 Å². The van der Waals surface area contributed by atoms with Gasteiger partial charge in [0.25, 0.3) is 5.91 Å². The zero-order valence-corrected chi connectivity index (χ0v) is 23.1. The van der Waals surface area contributed by atoms with Crippen molar-refractivity contribution in [2.45, 2.75) is 25.9 Å². The van der Waals surface area contributed by atoms with E-state index in [1.165, 1.54) is 6.07 Å². The first-order valence-electron chi connectivity index (χ1n) is 13.7. The van der Waals surface area contributed by atoms with Gasteiger partial charge < -0.3 is 19.9 Å². The number of nitrogens with one attached hydrogen (secondary N) is 1. The Morgan fingerprint density at radius 1 is 1.05 bits per heavy atom. The standard InChI is InChI=1S/C31H32F3N5O2/c1-21-3-5-25(37-30(40)23-7-10-35-29(18-23)31(32,33)34)19-26(21)24-17-28(39-13-15-41-16-14-39)27(36-20-24)6-4-22-8-11-38(2)12-9-22/h3,5,7,10,17-20,22H,8-9,11-16H2,1-2H3,(H,37,40). The van der Waals surface area contributed by atoms with Crippen LogP contribution in [0.5, 0.6) is 0 Å². The predicted octanol–water partition coefficient (Wildman–Crippen LogP) is 5.25. The number of aryl methyl sites for hydroxylation is 1. The molecule has 2 aliphatic rings. The third-order valence-corrected chi connectivity index (χ3v) is 7.45. The van der Waals surface area contributed by atoms with E-state index in [9.17, 15) is 18.0 Å². The highest BCUT2D eigenvalue weighted by Crippen LogP contribution is 2.32. The van der Waals surface area contributed by atoms with Crippen LogP contribution in [0.25, 0.3) is 11.1 Å². The first-order valence-corrected chi connectivity index (χ1v) is 13.7. The molecule has 1 N–H and O–H groups in total. The Morgan fingerprint density at radius 2 is 1.80 bits per heavy atom. The second kappa shape index (κ2) is 12.3. The summed E-state index contributed by atoms with van der Waals surface area (Å²) in [5.41, 5.74) is 3.56. The smallest absolute Gasteiger partial charge is 0.378 e.